The molecule has 0 saturated heterocycles. The summed E-state index contributed by atoms with van der Waals surface area (Å²) in [6.07, 6.45) is 1.67. The normalized spacial score (nSPS) is 15.8. The van der Waals surface area contributed by atoms with Gasteiger partial charge in [0.15, 0.2) is 0 Å². The fourth-order valence-corrected chi connectivity index (χ4v) is 2.14. The van der Waals surface area contributed by atoms with Gasteiger partial charge in [-0.2, -0.15) is 5.26 Å². The van der Waals surface area contributed by atoms with Crippen LogP contribution in [-0.4, -0.2) is 12.5 Å². The highest BCUT2D eigenvalue weighted by atomic mass is 79.9. The first-order valence-electron chi connectivity index (χ1n) is 5.71. The molecule has 3 nitrogen and oxygen atoms in total. The van der Waals surface area contributed by atoms with Crippen molar-refractivity contribution in [2.24, 2.45) is 5.41 Å². The van der Waals surface area contributed by atoms with Crippen LogP contribution in [0.2, 0.25) is 0 Å². The molecule has 1 fully saturated rings. The third-order valence-electron chi connectivity index (χ3n) is 3.09. The molecule has 1 aliphatic carbocycles. The average Bonchev–Trinajstić information content (AvgIpc) is 3.14. The Bertz CT molecular complexity index is 520. The summed E-state index contributed by atoms with van der Waals surface area (Å²) in [5.74, 6) is -0.519. The molecule has 18 heavy (non-hydrogen) atoms. The molecule has 1 N–H and O–H groups in total. The number of nitriles is 1. The summed E-state index contributed by atoms with van der Waals surface area (Å²) >= 11 is 3.27. The summed E-state index contributed by atoms with van der Waals surface area (Å²) in [7, 11) is 0. The van der Waals surface area contributed by atoms with Gasteiger partial charge in [0, 0.05) is 11.0 Å². The number of amides is 1. The second-order valence-corrected chi connectivity index (χ2v) is 5.35. The van der Waals surface area contributed by atoms with E-state index in [1.807, 2.05) is 6.07 Å². The summed E-state index contributed by atoms with van der Waals surface area (Å²) in [5, 5.41) is 11.5. The first kappa shape index (κ1) is 13.0. The molecule has 1 aromatic carbocycles. The molecule has 0 radical (unpaired) electrons. The summed E-state index contributed by atoms with van der Waals surface area (Å²) in [5.41, 5.74) is -0.262. The van der Waals surface area contributed by atoms with E-state index >= 15 is 0 Å². The second kappa shape index (κ2) is 5.07. The van der Waals surface area contributed by atoms with Gasteiger partial charge in [-0.3, -0.25) is 4.79 Å². The lowest BCUT2D eigenvalue weighted by molar-refractivity contribution is -0.124. The second-order valence-electron chi connectivity index (χ2n) is 4.44. The molecule has 1 aliphatic rings. The average molecular weight is 311 g/mol. The number of benzene rings is 1. The van der Waals surface area contributed by atoms with Crippen molar-refractivity contribution in [3.63, 3.8) is 0 Å². The lowest BCUT2D eigenvalue weighted by Crippen LogP contribution is -2.32. The molecule has 0 atom stereocenters. The largest absolute Gasteiger partial charge is 0.354 e. The third-order valence-corrected chi connectivity index (χ3v) is 3.58. The van der Waals surface area contributed by atoms with Crippen LogP contribution in [0.3, 0.4) is 0 Å². The topological polar surface area (TPSA) is 52.9 Å². The number of hydrogen-bond acceptors (Lipinski definition) is 2. The Hall–Kier alpha value is -1.41. The van der Waals surface area contributed by atoms with Gasteiger partial charge >= 0.3 is 0 Å². The fourth-order valence-electron chi connectivity index (χ4n) is 1.73. The summed E-state index contributed by atoms with van der Waals surface area (Å²) in [4.78, 5) is 11.7. The minimum Gasteiger partial charge on any atom is -0.354 e. The van der Waals surface area contributed by atoms with E-state index in [-0.39, 0.29) is 11.7 Å². The highest BCUT2D eigenvalue weighted by Crippen LogP contribution is 2.44. The smallest absolute Gasteiger partial charge is 0.240 e. The summed E-state index contributed by atoms with van der Waals surface area (Å²) in [6, 6.07) is 6.74. The SMILES string of the molecule is N#CC1(C(=O)NCCc2cc(Br)ccc2F)CC1. The Morgan fingerprint density at radius 3 is 2.89 bits per heavy atom. The van der Waals surface area contributed by atoms with E-state index < -0.39 is 5.41 Å². The van der Waals surface area contributed by atoms with E-state index in [4.69, 9.17) is 5.26 Å². The minimum atomic E-state index is -0.810. The van der Waals surface area contributed by atoms with Crippen LogP contribution in [0.25, 0.3) is 0 Å². The van der Waals surface area contributed by atoms with Crippen LogP contribution >= 0.6 is 15.9 Å². The zero-order chi connectivity index (χ0) is 13.2. The van der Waals surface area contributed by atoms with E-state index in [9.17, 15) is 9.18 Å². The van der Waals surface area contributed by atoms with Gasteiger partial charge in [-0.15, -0.1) is 0 Å². The molecule has 94 valence electrons. The van der Waals surface area contributed by atoms with Crippen molar-refractivity contribution in [2.75, 3.05) is 6.54 Å². The zero-order valence-electron chi connectivity index (χ0n) is 9.67. The molecular formula is C13H12BrFN2O. The highest BCUT2D eigenvalue weighted by Gasteiger charge is 2.50. The molecule has 1 saturated carbocycles. The van der Waals surface area contributed by atoms with Crippen molar-refractivity contribution in [1.82, 2.24) is 5.32 Å². The van der Waals surface area contributed by atoms with Crippen LogP contribution in [0.15, 0.2) is 22.7 Å². The fraction of sp³-hybridized carbons (Fsp3) is 0.385. The van der Waals surface area contributed by atoms with E-state index in [1.165, 1.54) is 6.07 Å². The van der Waals surface area contributed by atoms with Gasteiger partial charge in [0.25, 0.3) is 0 Å². The first-order valence-corrected chi connectivity index (χ1v) is 6.50. The Morgan fingerprint density at radius 2 is 2.28 bits per heavy atom. The number of rotatable bonds is 4. The number of nitrogens with zero attached hydrogens (tertiary/aromatic N) is 1. The summed E-state index contributed by atoms with van der Waals surface area (Å²) in [6.45, 7) is 0.343. The summed E-state index contributed by atoms with van der Waals surface area (Å²) < 4.78 is 14.2. The predicted octanol–water partition coefficient (Wildman–Crippen LogP) is 2.55. The molecule has 0 aliphatic heterocycles. The maximum absolute atomic E-state index is 13.4. The van der Waals surface area contributed by atoms with Crippen molar-refractivity contribution >= 4 is 21.8 Å². The monoisotopic (exact) mass is 310 g/mol. The van der Waals surface area contributed by atoms with Gasteiger partial charge in [-0.25, -0.2) is 4.39 Å². The molecule has 0 bridgehead atoms. The van der Waals surface area contributed by atoms with Gasteiger partial charge in [0.2, 0.25) is 5.91 Å². The molecule has 5 heteroatoms. The van der Waals surface area contributed by atoms with Crippen molar-refractivity contribution in [3.8, 4) is 6.07 Å². The molecule has 0 spiro atoms. The predicted molar refractivity (Wildman–Crippen MR) is 68.1 cm³/mol. The van der Waals surface area contributed by atoms with Gasteiger partial charge in [0.05, 0.1) is 6.07 Å². The quantitative estimate of drug-likeness (QED) is 0.929. The Kier molecular flexibility index (Phi) is 3.67. The number of halogens is 2. The maximum atomic E-state index is 13.4. The number of hydrogen-bond donors (Lipinski definition) is 1. The molecule has 1 aromatic rings. The van der Waals surface area contributed by atoms with E-state index in [0.717, 1.165) is 4.47 Å². The Balaban J connectivity index is 1.88. The van der Waals surface area contributed by atoms with Gasteiger partial charge in [0.1, 0.15) is 11.2 Å². The van der Waals surface area contributed by atoms with Crippen LogP contribution in [0.5, 0.6) is 0 Å². The van der Waals surface area contributed by atoms with Crippen molar-refractivity contribution in [1.29, 1.82) is 5.26 Å². The third kappa shape index (κ3) is 2.70. The lowest BCUT2D eigenvalue weighted by Gasteiger charge is -2.08. The van der Waals surface area contributed by atoms with Gasteiger partial charge < -0.3 is 5.32 Å². The minimum absolute atomic E-state index is 0.236. The zero-order valence-corrected chi connectivity index (χ0v) is 11.3. The Labute approximate surface area is 113 Å². The highest BCUT2D eigenvalue weighted by molar-refractivity contribution is 9.10. The number of carbonyl (C=O) groups is 1. The molecule has 0 heterocycles. The van der Waals surface area contributed by atoms with Crippen LogP contribution in [-0.2, 0) is 11.2 Å². The van der Waals surface area contributed by atoms with Gasteiger partial charge in [-0.1, -0.05) is 15.9 Å². The molecule has 2 rings (SSSR count). The van der Waals surface area contributed by atoms with E-state index in [2.05, 4.69) is 21.2 Å². The molecular weight excluding hydrogens is 299 g/mol. The van der Waals surface area contributed by atoms with Crippen molar-refractivity contribution in [3.05, 3.63) is 34.1 Å². The van der Waals surface area contributed by atoms with Crippen molar-refractivity contribution < 1.29 is 9.18 Å². The lowest BCUT2D eigenvalue weighted by atomic mass is 10.1. The first-order chi connectivity index (χ1) is 8.57. The number of nitrogens with one attached hydrogen (secondary N) is 1. The van der Waals surface area contributed by atoms with Crippen LogP contribution < -0.4 is 5.32 Å². The van der Waals surface area contributed by atoms with Crippen LogP contribution in [0, 0.1) is 22.6 Å². The maximum Gasteiger partial charge on any atom is 0.240 e. The van der Waals surface area contributed by atoms with E-state index in [0.29, 0.717) is 31.4 Å². The van der Waals surface area contributed by atoms with Crippen LogP contribution in [0.4, 0.5) is 4.39 Å². The van der Waals surface area contributed by atoms with E-state index in [1.54, 1.807) is 12.1 Å². The standard InChI is InChI=1S/C13H12BrFN2O/c14-10-1-2-11(15)9(7-10)3-6-17-12(18)13(8-16)4-5-13/h1-2,7H,3-6H2,(H,17,18). The van der Waals surface area contributed by atoms with Crippen molar-refractivity contribution in [2.45, 2.75) is 19.3 Å². The molecule has 0 unspecified atom stereocenters. The van der Waals surface area contributed by atoms with Gasteiger partial charge in [-0.05, 0) is 43.0 Å². The van der Waals surface area contributed by atoms with Crippen LogP contribution in [0.1, 0.15) is 18.4 Å². The number of carbonyl (C=O) groups excluding carboxylic acids is 1. The molecule has 1 amide bonds. The Morgan fingerprint density at radius 1 is 1.56 bits per heavy atom. The molecule has 0 aromatic heterocycles.